The monoisotopic (exact) mass is 569 g/mol. The molecule has 0 aliphatic heterocycles. The zero-order chi connectivity index (χ0) is 28.7. The highest BCUT2D eigenvalue weighted by Gasteiger charge is 2.33. The molecule has 0 bridgehead atoms. The van der Waals surface area contributed by atoms with Crippen LogP contribution in [0.3, 0.4) is 0 Å². The molecule has 0 spiro atoms. The van der Waals surface area contributed by atoms with E-state index in [0.717, 1.165) is 21.0 Å². The smallest absolute Gasteiger partial charge is 0.264 e. The van der Waals surface area contributed by atoms with E-state index in [4.69, 9.17) is 11.6 Å². The van der Waals surface area contributed by atoms with Gasteiger partial charge in [-0.3, -0.25) is 13.9 Å². The van der Waals surface area contributed by atoms with Crippen LogP contribution in [-0.4, -0.2) is 44.3 Å². The van der Waals surface area contributed by atoms with Gasteiger partial charge >= 0.3 is 0 Å². The molecular formula is C30H36ClN3O4S. The van der Waals surface area contributed by atoms with Gasteiger partial charge in [0.2, 0.25) is 11.8 Å². The minimum atomic E-state index is -4.10. The molecule has 39 heavy (non-hydrogen) atoms. The Balaban J connectivity index is 2.04. The molecule has 0 radical (unpaired) electrons. The van der Waals surface area contributed by atoms with E-state index in [1.807, 2.05) is 33.8 Å². The van der Waals surface area contributed by atoms with Crippen molar-refractivity contribution >= 4 is 39.1 Å². The van der Waals surface area contributed by atoms with Gasteiger partial charge in [0.25, 0.3) is 10.0 Å². The Morgan fingerprint density at radius 1 is 0.897 bits per heavy atom. The third-order valence-corrected chi connectivity index (χ3v) is 8.60. The summed E-state index contributed by atoms with van der Waals surface area (Å²) in [5.41, 5.74) is 2.82. The Morgan fingerprint density at radius 3 is 2.15 bits per heavy atom. The van der Waals surface area contributed by atoms with Crippen molar-refractivity contribution in [2.24, 2.45) is 5.92 Å². The highest BCUT2D eigenvalue weighted by atomic mass is 35.5. The number of aryl methyl sites for hydroxylation is 1. The maximum Gasteiger partial charge on any atom is 0.264 e. The van der Waals surface area contributed by atoms with E-state index in [0.29, 0.717) is 17.3 Å². The first-order valence-corrected chi connectivity index (χ1v) is 14.7. The second-order valence-corrected chi connectivity index (χ2v) is 12.3. The fourth-order valence-corrected chi connectivity index (χ4v) is 5.68. The fourth-order valence-electron chi connectivity index (χ4n) is 4.06. The van der Waals surface area contributed by atoms with Gasteiger partial charge in [-0.05, 0) is 73.7 Å². The predicted molar refractivity (Wildman–Crippen MR) is 156 cm³/mol. The number of rotatable bonds is 11. The second-order valence-electron chi connectivity index (χ2n) is 10.0. The zero-order valence-corrected chi connectivity index (χ0v) is 24.6. The van der Waals surface area contributed by atoms with Crippen molar-refractivity contribution in [3.05, 3.63) is 94.5 Å². The number of carbonyl (C=O) groups is 2. The van der Waals surface area contributed by atoms with Crippen molar-refractivity contribution in [1.29, 1.82) is 0 Å². The summed E-state index contributed by atoms with van der Waals surface area (Å²) in [6, 6.07) is 19.5. The molecule has 0 heterocycles. The van der Waals surface area contributed by atoms with Crippen molar-refractivity contribution in [3.8, 4) is 0 Å². The largest absolute Gasteiger partial charge is 0.354 e. The number of halogens is 1. The quantitative estimate of drug-likeness (QED) is 0.338. The van der Waals surface area contributed by atoms with Crippen LogP contribution in [0.15, 0.2) is 77.7 Å². The maximum atomic E-state index is 14.0. The molecule has 0 saturated heterocycles. The number of hydrogen-bond donors (Lipinski definition) is 1. The topological polar surface area (TPSA) is 86.8 Å². The molecule has 2 amide bonds. The number of nitrogens with zero attached hydrogens (tertiary/aromatic N) is 2. The molecule has 0 aliphatic rings. The normalized spacial score (nSPS) is 12.2. The van der Waals surface area contributed by atoms with E-state index in [1.165, 1.54) is 17.0 Å². The van der Waals surface area contributed by atoms with Crippen LogP contribution in [0.4, 0.5) is 5.69 Å². The number of benzene rings is 3. The molecule has 1 atom stereocenters. The molecule has 7 nitrogen and oxygen atoms in total. The average Bonchev–Trinajstić information content (AvgIpc) is 2.91. The van der Waals surface area contributed by atoms with Crippen molar-refractivity contribution < 1.29 is 18.0 Å². The van der Waals surface area contributed by atoms with E-state index < -0.39 is 28.5 Å². The summed E-state index contributed by atoms with van der Waals surface area (Å²) in [5, 5.41) is 3.43. The molecule has 0 saturated carbocycles. The summed E-state index contributed by atoms with van der Waals surface area (Å²) in [6.45, 7) is 9.43. The van der Waals surface area contributed by atoms with Crippen LogP contribution in [0.2, 0.25) is 5.02 Å². The molecule has 208 valence electrons. The Hall–Kier alpha value is -3.36. The molecule has 3 aromatic carbocycles. The van der Waals surface area contributed by atoms with Gasteiger partial charge in [-0.25, -0.2) is 8.42 Å². The third-order valence-electron chi connectivity index (χ3n) is 6.57. The lowest BCUT2D eigenvalue weighted by Gasteiger charge is -2.32. The van der Waals surface area contributed by atoms with E-state index in [2.05, 4.69) is 5.32 Å². The Labute approximate surface area is 236 Å². The Kier molecular flexibility index (Phi) is 10.2. The Morgan fingerprint density at radius 2 is 1.54 bits per heavy atom. The highest BCUT2D eigenvalue weighted by molar-refractivity contribution is 7.92. The summed E-state index contributed by atoms with van der Waals surface area (Å²) in [6.07, 6.45) is 0. The Bertz CT molecular complexity index is 1390. The van der Waals surface area contributed by atoms with Gasteiger partial charge in [-0.15, -0.1) is 0 Å². The average molecular weight is 570 g/mol. The lowest BCUT2D eigenvalue weighted by molar-refractivity contribution is -0.139. The van der Waals surface area contributed by atoms with Gasteiger partial charge in [-0.1, -0.05) is 67.9 Å². The summed E-state index contributed by atoms with van der Waals surface area (Å²) >= 11 is 6.05. The number of anilines is 1. The fraction of sp³-hybridized carbons (Fsp3) is 0.333. The van der Waals surface area contributed by atoms with Crippen LogP contribution in [0.1, 0.15) is 37.5 Å². The first-order valence-electron chi connectivity index (χ1n) is 12.9. The molecule has 9 heteroatoms. The number of nitrogens with one attached hydrogen (secondary N) is 1. The molecule has 0 aromatic heterocycles. The molecule has 3 rings (SSSR count). The molecule has 3 aromatic rings. The lowest BCUT2D eigenvalue weighted by atomic mass is 10.1. The van der Waals surface area contributed by atoms with Crippen LogP contribution in [0.5, 0.6) is 0 Å². The molecule has 0 fully saturated rings. The van der Waals surface area contributed by atoms with Gasteiger partial charge in [0.1, 0.15) is 12.6 Å². The SMILES string of the molecule is Cc1cccc(N(CC(=O)N(Cc2ccc(Cl)cc2)[C@H](C)C(=O)NCC(C)C)S(=O)(=O)c2ccccc2)c1C. The van der Waals surface area contributed by atoms with Crippen LogP contribution in [0.25, 0.3) is 0 Å². The van der Waals surface area contributed by atoms with Crippen molar-refractivity contribution in [2.75, 3.05) is 17.4 Å². The van der Waals surface area contributed by atoms with Crippen LogP contribution in [-0.2, 0) is 26.2 Å². The molecule has 0 aliphatic carbocycles. The standard InChI is InChI=1S/C30H36ClN3O4S/c1-21(2)18-32-30(36)24(5)33(19-25-14-16-26(31)17-15-25)29(35)20-34(28-13-9-10-22(3)23(28)4)39(37,38)27-11-7-6-8-12-27/h6-17,21,24H,18-20H2,1-5H3,(H,32,36)/t24-/m1/s1. The first-order chi connectivity index (χ1) is 18.4. The van der Waals surface area contributed by atoms with Gasteiger partial charge in [-0.2, -0.15) is 0 Å². The summed E-state index contributed by atoms with van der Waals surface area (Å²) in [4.78, 5) is 28.5. The van der Waals surface area contributed by atoms with Crippen molar-refractivity contribution in [1.82, 2.24) is 10.2 Å². The van der Waals surface area contributed by atoms with Gasteiger partial charge in [0.05, 0.1) is 10.6 Å². The van der Waals surface area contributed by atoms with E-state index in [1.54, 1.807) is 61.5 Å². The summed E-state index contributed by atoms with van der Waals surface area (Å²) in [7, 11) is -4.10. The lowest BCUT2D eigenvalue weighted by Crippen LogP contribution is -2.51. The number of carbonyl (C=O) groups excluding carboxylic acids is 2. The number of hydrogen-bond acceptors (Lipinski definition) is 4. The highest BCUT2D eigenvalue weighted by Crippen LogP contribution is 2.29. The van der Waals surface area contributed by atoms with Gasteiger partial charge in [0, 0.05) is 18.1 Å². The van der Waals surface area contributed by atoms with Crippen molar-refractivity contribution in [3.63, 3.8) is 0 Å². The summed E-state index contributed by atoms with van der Waals surface area (Å²) in [5.74, 6) is -0.579. The van der Waals surface area contributed by atoms with E-state index in [-0.39, 0.29) is 23.3 Å². The van der Waals surface area contributed by atoms with Crippen LogP contribution < -0.4 is 9.62 Å². The van der Waals surface area contributed by atoms with Crippen LogP contribution >= 0.6 is 11.6 Å². The zero-order valence-electron chi connectivity index (χ0n) is 23.0. The van der Waals surface area contributed by atoms with E-state index >= 15 is 0 Å². The minimum absolute atomic E-state index is 0.0747. The molecular weight excluding hydrogens is 534 g/mol. The van der Waals surface area contributed by atoms with Crippen LogP contribution in [0, 0.1) is 19.8 Å². The minimum Gasteiger partial charge on any atom is -0.354 e. The predicted octanol–water partition coefficient (Wildman–Crippen LogP) is 5.34. The second kappa shape index (κ2) is 13.1. The molecule has 1 N–H and O–H groups in total. The number of amides is 2. The van der Waals surface area contributed by atoms with Gasteiger partial charge in [0.15, 0.2) is 0 Å². The number of sulfonamides is 1. The summed E-state index contributed by atoms with van der Waals surface area (Å²) < 4.78 is 28.9. The van der Waals surface area contributed by atoms with Gasteiger partial charge < -0.3 is 10.2 Å². The van der Waals surface area contributed by atoms with Crippen molar-refractivity contribution in [2.45, 2.75) is 52.1 Å². The molecule has 0 unspecified atom stereocenters. The third kappa shape index (κ3) is 7.61. The van der Waals surface area contributed by atoms with E-state index in [9.17, 15) is 18.0 Å². The maximum absolute atomic E-state index is 14.0. The first kappa shape index (κ1) is 30.2.